The van der Waals surface area contributed by atoms with Crippen molar-refractivity contribution in [2.24, 2.45) is 0 Å². The normalized spacial score (nSPS) is 19.1. The molecule has 1 aliphatic heterocycles. The first kappa shape index (κ1) is 16.4. The summed E-state index contributed by atoms with van der Waals surface area (Å²) >= 11 is 0. The van der Waals surface area contributed by atoms with E-state index < -0.39 is 9.84 Å². The van der Waals surface area contributed by atoms with E-state index in [9.17, 15) is 13.2 Å². The number of rotatable bonds is 5. The minimum atomic E-state index is -2.97. The first-order chi connectivity index (χ1) is 11.4. The highest BCUT2D eigenvalue weighted by molar-refractivity contribution is 7.91. The average Bonchev–Trinajstić information content (AvgIpc) is 3.21. The molecule has 9 heteroatoms. The zero-order valence-electron chi connectivity index (χ0n) is 13.2. The van der Waals surface area contributed by atoms with E-state index >= 15 is 0 Å². The smallest absolute Gasteiger partial charge is 0.254 e. The molecule has 0 aromatic carbocycles. The third-order valence-electron chi connectivity index (χ3n) is 3.98. The molecule has 0 bridgehead atoms. The van der Waals surface area contributed by atoms with Gasteiger partial charge in [0.25, 0.3) is 5.91 Å². The van der Waals surface area contributed by atoms with Gasteiger partial charge in [0.2, 0.25) is 5.95 Å². The average molecular weight is 350 g/mol. The Morgan fingerprint density at radius 1 is 1.42 bits per heavy atom. The molecule has 8 nitrogen and oxygen atoms in total. The summed E-state index contributed by atoms with van der Waals surface area (Å²) in [6, 6.07) is 3.39. The van der Waals surface area contributed by atoms with Crippen molar-refractivity contribution in [2.75, 3.05) is 23.5 Å². The molecule has 0 aliphatic carbocycles. The first-order valence-electron chi connectivity index (χ1n) is 7.50. The molecule has 1 amide bonds. The number of carbonyl (C=O) groups excluding carboxylic acids is 1. The highest BCUT2D eigenvalue weighted by Gasteiger charge is 2.31. The van der Waals surface area contributed by atoms with Crippen LogP contribution in [0.15, 0.2) is 35.2 Å². The number of hydrogen-bond acceptors (Lipinski definition) is 7. The Morgan fingerprint density at radius 3 is 2.75 bits per heavy atom. The molecule has 1 unspecified atom stereocenters. The van der Waals surface area contributed by atoms with E-state index in [1.54, 1.807) is 30.3 Å². The van der Waals surface area contributed by atoms with Gasteiger partial charge in [-0.2, -0.15) is 0 Å². The molecule has 24 heavy (non-hydrogen) atoms. The van der Waals surface area contributed by atoms with Gasteiger partial charge >= 0.3 is 0 Å². The SMILES string of the molecule is CN(c1ncc(C(=O)NCc2ccco2)cn1)C1CCS(=O)(=O)C1. The predicted molar refractivity (Wildman–Crippen MR) is 87.4 cm³/mol. The van der Waals surface area contributed by atoms with Crippen molar-refractivity contribution in [1.29, 1.82) is 0 Å². The molecule has 1 fully saturated rings. The maximum absolute atomic E-state index is 12.0. The van der Waals surface area contributed by atoms with Gasteiger partial charge in [-0.3, -0.25) is 4.79 Å². The van der Waals surface area contributed by atoms with Crippen LogP contribution in [0.25, 0.3) is 0 Å². The lowest BCUT2D eigenvalue weighted by Crippen LogP contribution is -2.34. The van der Waals surface area contributed by atoms with Crippen molar-refractivity contribution in [3.05, 3.63) is 42.1 Å². The molecule has 0 radical (unpaired) electrons. The summed E-state index contributed by atoms with van der Waals surface area (Å²) in [7, 11) is -1.21. The molecule has 2 aromatic heterocycles. The lowest BCUT2D eigenvalue weighted by molar-refractivity contribution is 0.0947. The third-order valence-corrected chi connectivity index (χ3v) is 5.73. The van der Waals surface area contributed by atoms with Crippen molar-refractivity contribution < 1.29 is 17.6 Å². The van der Waals surface area contributed by atoms with E-state index in [0.717, 1.165) is 0 Å². The van der Waals surface area contributed by atoms with Crippen LogP contribution in [0, 0.1) is 0 Å². The van der Waals surface area contributed by atoms with Crippen molar-refractivity contribution in [2.45, 2.75) is 19.0 Å². The third kappa shape index (κ3) is 3.73. The van der Waals surface area contributed by atoms with Crippen LogP contribution >= 0.6 is 0 Å². The lowest BCUT2D eigenvalue weighted by atomic mass is 10.2. The van der Waals surface area contributed by atoms with Gasteiger partial charge in [-0.15, -0.1) is 0 Å². The van der Waals surface area contributed by atoms with E-state index in [2.05, 4.69) is 15.3 Å². The Morgan fingerprint density at radius 2 is 2.17 bits per heavy atom. The number of aromatic nitrogens is 2. The number of hydrogen-bond donors (Lipinski definition) is 1. The predicted octanol–water partition coefficient (Wildman–Crippen LogP) is 0.623. The quantitative estimate of drug-likeness (QED) is 0.843. The van der Waals surface area contributed by atoms with E-state index in [0.29, 0.717) is 23.7 Å². The molecule has 1 saturated heterocycles. The Kier molecular flexibility index (Phi) is 4.52. The number of nitrogens with zero attached hydrogens (tertiary/aromatic N) is 3. The fourth-order valence-electron chi connectivity index (χ4n) is 2.55. The van der Waals surface area contributed by atoms with E-state index in [-0.39, 0.29) is 30.0 Å². The van der Waals surface area contributed by atoms with Crippen LogP contribution in [-0.2, 0) is 16.4 Å². The standard InChI is InChI=1S/C15H18N4O4S/c1-19(12-4-6-24(21,22)10-12)15-17-7-11(8-18-15)14(20)16-9-13-3-2-5-23-13/h2-3,5,7-8,12H,4,6,9-10H2,1H3,(H,16,20). The van der Waals surface area contributed by atoms with E-state index in [1.165, 1.54) is 12.4 Å². The molecule has 1 N–H and O–H groups in total. The Hall–Kier alpha value is -2.42. The summed E-state index contributed by atoms with van der Waals surface area (Å²) < 4.78 is 28.3. The number of furan rings is 1. The van der Waals surface area contributed by atoms with Gasteiger partial charge in [-0.05, 0) is 18.6 Å². The molecule has 0 saturated carbocycles. The van der Waals surface area contributed by atoms with Crippen LogP contribution in [0.5, 0.6) is 0 Å². The molecular weight excluding hydrogens is 332 g/mol. The van der Waals surface area contributed by atoms with Gasteiger partial charge in [-0.1, -0.05) is 0 Å². The van der Waals surface area contributed by atoms with Crippen LogP contribution in [0.4, 0.5) is 5.95 Å². The molecule has 0 spiro atoms. The van der Waals surface area contributed by atoms with Crippen LogP contribution in [-0.4, -0.2) is 48.9 Å². The lowest BCUT2D eigenvalue weighted by Gasteiger charge is -2.23. The second kappa shape index (κ2) is 6.60. The molecule has 3 heterocycles. The second-order valence-electron chi connectivity index (χ2n) is 5.70. The van der Waals surface area contributed by atoms with E-state index in [4.69, 9.17) is 4.42 Å². The summed E-state index contributed by atoms with van der Waals surface area (Å²) in [6.07, 6.45) is 4.96. The highest BCUT2D eigenvalue weighted by Crippen LogP contribution is 2.19. The minimum Gasteiger partial charge on any atom is -0.467 e. The van der Waals surface area contributed by atoms with Gasteiger partial charge in [-0.25, -0.2) is 18.4 Å². The number of amides is 1. The molecule has 1 atom stereocenters. The zero-order valence-corrected chi connectivity index (χ0v) is 14.0. The largest absolute Gasteiger partial charge is 0.467 e. The van der Waals surface area contributed by atoms with Crippen LogP contribution < -0.4 is 10.2 Å². The van der Waals surface area contributed by atoms with Crippen molar-refractivity contribution >= 4 is 21.7 Å². The van der Waals surface area contributed by atoms with Crippen LogP contribution in [0.1, 0.15) is 22.5 Å². The molecule has 128 valence electrons. The van der Waals surface area contributed by atoms with Gasteiger partial charge in [0, 0.05) is 25.5 Å². The Balaban J connectivity index is 1.61. The first-order valence-corrected chi connectivity index (χ1v) is 9.32. The van der Waals surface area contributed by atoms with Crippen molar-refractivity contribution in [1.82, 2.24) is 15.3 Å². The number of nitrogens with one attached hydrogen (secondary N) is 1. The molecule has 3 rings (SSSR count). The maximum atomic E-state index is 12.0. The number of carbonyl (C=O) groups is 1. The Bertz CT molecular complexity index is 803. The molecular formula is C15H18N4O4S. The maximum Gasteiger partial charge on any atom is 0.254 e. The summed E-state index contributed by atoms with van der Waals surface area (Å²) in [5.74, 6) is 1.06. The summed E-state index contributed by atoms with van der Waals surface area (Å²) in [5.41, 5.74) is 0.331. The summed E-state index contributed by atoms with van der Waals surface area (Å²) in [4.78, 5) is 22.1. The topological polar surface area (TPSA) is 105 Å². The Labute approximate surface area is 139 Å². The summed E-state index contributed by atoms with van der Waals surface area (Å²) in [5, 5.41) is 2.71. The fourth-order valence-corrected chi connectivity index (χ4v) is 4.32. The number of anilines is 1. The van der Waals surface area contributed by atoms with E-state index in [1.807, 2.05) is 0 Å². The minimum absolute atomic E-state index is 0.109. The molecule has 2 aromatic rings. The molecule has 1 aliphatic rings. The fraction of sp³-hybridized carbons (Fsp3) is 0.400. The van der Waals surface area contributed by atoms with Gasteiger partial charge in [0.1, 0.15) is 5.76 Å². The van der Waals surface area contributed by atoms with Gasteiger partial charge < -0.3 is 14.6 Å². The van der Waals surface area contributed by atoms with Gasteiger partial charge in [0.15, 0.2) is 9.84 Å². The van der Waals surface area contributed by atoms with Gasteiger partial charge in [0.05, 0.1) is 29.9 Å². The zero-order chi connectivity index (χ0) is 17.2. The highest BCUT2D eigenvalue weighted by atomic mass is 32.2. The number of sulfone groups is 1. The van der Waals surface area contributed by atoms with Crippen LogP contribution in [0.2, 0.25) is 0 Å². The monoisotopic (exact) mass is 350 g/mol. The summed E-state index contributed by atoms with van der Waals surface area (Å²) in [6.45, 7) is 0.285. The van der Waals surface area contributed by atoms with Crippen molar-refractivity contribution in [3.63, 3.8) is 0 Å². The van der Waals surface area contributed by atoms with Crippen molar-refractivity contribution in [3.8, 4) is 0 Å². The second-order valence-corrected chi connectivity index (χ2v) is 7.93. The van der Waals surface area contributed by atoms with Crippen LogP contribution in [0.3, 0.4) is 0 Å².